The van der Waals surface area contributed by atoms with Crippen LogP contribution in [0.15, 0.2) is 66.7 Å². The minimum Gasteiger partial charge on any atom is -0.489 e. The third-order valence-corrected chi connectivity index (χ3v) is 4.35. The summed E-state index contributed by atoms with van der Waals surface area (Å²) in [7, 11) is 0. The quantitative estimate of drug-likeness (QED) is 0.645. The minimum absolute atomic E-state index is 0.277. The zero-order chi connectivity index (χ0) is 17.8. The van der Waals surface area contributed by atoms with E-state index in [1.54, 1.807) is 0 Å². The SMILES string of the molecule is Clc1cccc(COc2ccccc2CNc2ccc3c(c2)OCO3)c1. The molecular formula is C21H18ClNO3. The first-order valence-corrected chi connectivity index (χ1v) is 8.74. The molecule has 0 radical (unpaired) electrons. The maximum absolute atomic E-state index is 6.03. The molecule has 0 fully saturated rings. The maximum atomic E-state index is 6.03. The standard InChI is InChI=1S/C21H18ClNO3/c22-17-6-3-4-15(10-17)13-24-19-7-2-1-5-16(19)12-23-18-8-9-20-21(11-18)26-14-25-20/h1-11,23H,12-14H2. The average Bonchev–Trinajstić information content (AvgIpc) is 3.13. The van der Waals surface area contributed by atoms with E-state index in [0.717, 1.165) is 34.1 Å². The number of fused-ring (bicyclic) bond motifs is 1. The van der Waals surface area contributed by atoms with E-state index in [1.807, 2.05) is 66.7 Å². The van der Waals surface area contributed by atoms with E-state index in [1.165, 1.54) is 0 Å². The number of para-hydroxylation sites is 1. The van der Waals surface area contributed by atoms with Crippen LogP contribution in [-0.2, 0) is 13.2 Å². The molecule has 4 rings (SSSR count). The molecule has 5 heteroatoms. The Morgan fingerprint density at radius 3 is 2.73 bits per heavy atom. The van der Waals surface area contributed by atoms with Crippen LogP contribution in [0.4, 0.5) is 5.69 Å². The Morgan fingerprint density at radius 2 is 1.81 bits per heavy atom. The van der Waals surface area contributed by atoms with Gasteiger partial charge in [-0.05, 0) is 35.9 Å². The van der Waals surface area contributed by atoms with Crippen molar-refractivity contribution in [3.8, 4) is 17.2 Å². The molecule has 0 saturated heterocycles. The first-order chi connectivity index (χ1) is 12.8. The summed E-state index contributed by atoms with van der Waals surface area (Å²) in [5.41, 5.74) is 3.09. The summed E-state index contributed by atoms with van der Waals surface area (Å²) in [6, 6.07) is 21.5. The van der Waals surface area contributed by atoms with Crippen LogP contribution in [0.2, 0.25) is 5.02 Å². The van der Waals surface area contributed by atoms with Gasteiger partial charge in [-0.15, -0.1) is 0 Å². The van der Waals surface area contributed by atoms with Crippen LogP contribution in [0.3, 0.4) is 0 Å². The highest BCUT2D eigenvalue weighted by Crippen LogP contribution is 2.34. The molecular weight excluding hydrogens is 350 g/mol. The summed E-state index contributed by atoms with van der Waals surface area (Å²) in [6.07, 6.45) is 0. The number of nitrogens with one attached hydrogen (secondary N) is 1. The van der Waals surface area contributed by atoms with Gasteiger partial charge in [0.25, 0.3) is 0 Å². The summed E-state index contributed by atoms with van der Waals surface area (Å²) in [6.45, 7) is 1.39. The molecule has 1 N–H and O–H groups in total. The molecule has 0 aromatic heterocycles. The van der Waals surface area contributed by atoms with Crippen LogP contribution in [0.25, 0.3) is 0 Å². The molecule has 0 spiro atoms. The smallest absolute Gasteiger partial charge is 0.231 e. The molecule has 0 saturated carbocycles. The Labute approximate surface area is 157 Å². The maximum Gasteiger partial charge on any atom is 0.231 e. The van der Waals surface area contributed by atoms with E-state index >= 15 is 0 Å². The Balaban J connectivity index is 1.42. The summed E-state index contributed by atoms with van der Waals surface area (Å²) >= 11 is 6.03. The van der Waals surface area contributed by atoms with Crippen molar-refractivity contribution in [3.05, 3.63) is 82.9 Å². The molecule has 3 aromatic rings. The van der Waals surface area contributed by atoms with Gasteiger partial charge in [0.05, 0.1) is 0 Å². The van der Waals surface area contributed by atoms with E-state index in [9.17, 15) is 0 Å². The number of benzene rings is 3. The Morgan fingerprint density at radius 1 is 0.923 bits per heavy atom. The van der Waals surface area contributed by atoms with Gasteiger partial charge in [-0.1, -0.05) is 41.9 Å². The second kappa shape index (κ2) is 7.58. The number of rotatable bonds is 6. The van der Waals surface area contributed by atoms with Crippen LogP contribution in [0.1, 0.15) is 11.1 Å². The third-order valence-electron chi connectivity index (χ3n) is 4.11. The molecule has 0 unspecified atom stereocenters. The van der Waals surface area contributed by atoms with Crippen molar-refractivity contribution in [1.82, 2.24) is 0 Å². The Hall–Kier alpha value is -2.85. The number of halogens is 1. The number of hydrogen-bond donors (Lipinski definition) is 1. The predicted octanol–water partition coefficient (Wildman–Crippen LogP) is 5.26. The Bertz CT molecular complexity index is 913. The van der Waals surface area contributed by atoms with Gasteiger partial charge >= 0.3 is 0 Å². The van der Waals surface area contributed by atoms with E-state index in [4.69, 9.17) is 25.8 Å². The number of anilines is 1. The van der Waals surface area contributed by atoms with Crippen molar-refractivity contribution in [2.45, 2.75) is 13.2 Å². The van der Waals surface area contributed by atoms with Gasteiger partial charge in [0, 0.05) is 28.9 Å². The summed E-state index contributed by atoms with van der Waals surface area (Å²) < 4.78 is 16.7. The third kappa shape index (κ3) is 3.86. The molecule has 0 atom stereocenters. The Kier molecular flexibility index (Phi) is 4.84. The topological polar surface area (TPSA) is 39.7 Å². The van der Waals surface area contributed by atoms with Crippen molar-refractivity contribution in [2.75, 3.05) is 12.1 Å². The summed E-state index contributed by atoms with van der Waals surface area (Å²) in [5.74, 6) is 2.39. The highest BCUT2D eigenvalue weighted by molar-refractivity contribution is 6.30. The second-order valence-corrected chi connectivity index (χ2v) is 6.38. The van der Waals surface area contributed by atoms with Crippen molar-refractivity contribution in [3.63, 3.8) is 0 Å². The average molecular weight is 368 g/mol. The molecule has 3 aromatic carbocycles. The largest absolute Gasteiger partial charge is 0.489 e. The molecule has 132 valence electrons. The highest BCUT2D eigenvalue weighted by Gasteiger charge is 2.13. The normalized spacial score (nSPS) is 12.0. The highest BCUT2D eigenvalue weighted by atomic mass is 35.5. The lowest BCUT2D eigenvalue weighted by atomic mass is 10.2. The van der Waals surface area contributed by atoms with E-state index < -0.39 is 0 Å². The fraction of sp³-hybridized carbons (Fsp3) is 0.143. The van der Waals surface area contributed by atoms with Gasteiger partial charge in [-0.3, -0.25) is 0 Å². The van der Waals surface area contributed by atoms with Crippen LogP contribution >= 0.6 is 11.6 Å². The number of hydrogen-bond acceptors (Lipinski definition) is 4. The lowest BCUT2D eigenvalue weighted by Gasteiger charge is -2.13. The first-order valence-electron chi connectivity index (χ1n) is 8.36. The van der Waals surface area contributed by atoms with Crippen LogP contribution in [-0.4, -0.2) is 6.79 Å². The lowest BCUT2D eigenvalue weighted by molar-refractivity contribution is 0.174. The van der Waals surface area contributed by atoms with Gasteiger partial charge in [0.15, 0.2) is 11.5 Å². The molecule has 0 aliphatic carbocycles. The molecule has 1 aliphatic rings. The molecule has 26 heavy (non-hydrogen) atoms. The van der Waals surface area contributed by atoms with Crippen molar-refractivity contribution in [2.24, 2.45) is 0 Å². The fourth-order valence-corrected chi connectivity index (χ4v) is 3.00. The second-order valence-electron chi connectivity index (χ2n) is 5.95. The van der Waals surface area contributed by atoms with E-state index in [2.05, 4.69) is 5.32 Å². The van der Waals surface area contributed by atoms with E-state index in [-0.39, 0.29) is 6.79 Å². The van der Waals surface area contributed by atoms with Gasteiger partial charge in [0.2, 0.25) is 6.79 Å². The lowest BCUT2D eigenvalue weighted by Crippen LogP contribution is -2.03. The van der Waals surface area contributed by atoms with Crippen LogP contribution in [0, 0.1) is 0 Å². The molecule has 4 nitrogen and oxygen atoms in total. The minimum atomic E-state index is 0.277. The molecule has 1 aliphatic heterocycles. The number of ether oxygens (including phenoxy) is 3. The fourth-order valence-electron chi connectivity index (χ4n) is 2.78. The monoisotopic (exact) mass is 367 g/mol. The molecule has 1 heterocycles. The predicted molar refractivity (Wildman–Crippen MR) is 102 cm³/mol. The molecule has 0 bridgehead atoms. The van der Waals surface area contributed by atoms with Crippen LogP contribution in [0.5, 0.6) is 17.2 Å². The van der Waals surface area contributed by atoms with Crippen LogP contribution < -0.4 is 19.5 Å². The van der Waals surface area contributed by atoms with Gasteiger partial charge in [-0.25, -0.2) is 0 Å². The zero-order valence-electron chi connectivity index (χ0n) is 14.1. The summed E-state index contributed by atoms with van der Waals surface area (Å²) in [5, 5.41) is 4.11. The van der Waals surface area contributed by atoms with Gasteiger partial charge in [0.1, 0.15) is 12.4 Å². The van der Waals surface area contributed by atoms with Gasteiger partial charge in [-0.2, -0.15) is 0 Å². The molecule has 0 amide bonds. The van der Waals surface area contributed by atoms with Gasteiger partial charge < -0.3 is 19.5 Å². The summed E-state index contributed by atoms with van der Waals surface area (Å²) in [4.78, 5) is 0. The van der Waals surface area contributed by atoms with Crippen molar-refractivity contribution in [1.29, 1.82) is 0 Å². The zero-order valence-corrected chi connectivity index (χ0v) is 14.8. The van der Waals surface area contributed by atoms with Crippen molar-refractivity contribution >= 4 is 17.3 Å². The van der Waals surface area contributed by atoms with E-state index in [0.29, 0.717) is 18.2 Å². The van der Waals surface area contributed by atoms with Crippen molar-refractivity contribution < 1.29 is 14.2 Å². The first kappa shape index (κ1) is 16.6.